The van der Waals surface area contributed by atoms with Gasteiger partial charge in [0.2, 0.25) is 0 Å². The fraction of sp³-hybridized carbons (Fsp3) is 0.125. The fourth-order valence-electron chi connectivity index (χ4n) is 2.22. The molecule has 1 aromatic carbocycles. The Bertz CT molecular complexity index is 907. The fourth-order valence-corrected chi connectivity index (χ4v) is 2.60. The molecule has 0 aliphatic rings. The molecule has 0 aliphatic heterocycles. The van der Waals surface area contributed by atoms with Gasteiger partial charge >= 0.3 is 0 Å². The molecule has 3 aromatic rings. The molecule has 0 aliphatic carbocycles. The highest BCUT2D eigenvalue weighted by atomic mass is 32.2. The lowest BCUT2D eigenvalue weighted by molar-refractivity contribution is 0.797. The van der Waals surface area contributed by atoms with Crippen LogP contribution in [0.15, 0.2) is 52.9 Å². The largest absolute Gasteiger partial charge is 0.333 e. The van der Waals surface area contributed by atoms with E-state index in [1.54, 1.807) is 12.5 Å². The van der Waals surface area contributed by atoms with E-state index < -0.39 is 5.56 Å². The summed E-state index contributed by atoms with van der Waals surface area (Å²) in [5.74, 6) is 0. The van der Waals surface area contributed by atoms with Crippen LogP contribution >= 0.6 is 11.8 Å². The number of nitriles is 1. The maximum atomic E-state index is 12.0. The van der Waals surface area contributed by atoms with Crippen molar-refractivity contribution in [2.24, 2.45) is 0 Å². The highest BCUT2D eigenvalue weighted by Crippen LogP contribution is 2.21. The van der Waals surface area contributed by atoms with Gasteiger partial charge in [0.25, 0.3) is 5.56 Å². The summed E-state index contributed by atoms with van der Waals surface area (Å²) in [6, 6.07) is 9.60. The van der Waals surface area contributed by atoms with Gasteiger partial charge < -0.3 is 9.55 Å². The zero-order valence-electron chi connectivity index (χ0n) is 12.4. The number of rotatable bonds is 4. The van der Waals surface area contributed by atoms with Crippen molar-refractivity contribution in [1.82, 2.24) is 19.5 Å². The lowest BCUT2D eigenvalue weighted by Crippen LogP contribution is -2.14. The number of aromatic nitrogens is 4. The van der Waals surface area contributed by atoms with E-state index in [0.29, 0.717) is 17.4 Å². The van der Waals surface area contributed by atoms with E-state index in [2.05, 4.69) is 15.0 Å². The lowest BCUT2D eigenvalue weighted by atomic mass is 10.1. The van der Waals surface area contributed by atoms with E-state index in [0.717, 1.165) is 11.1 Å². The van der Waals surface area contributed by atoms with Crippen LogP contribution in [0.4, 0.5) is 0 Å². The molecule has 7 heteroatoms. The molecule has 0 unspecified atom stereocenters. The van der Waals surface area contributed by atoms with Gasteiger partial charge in [0.05, 0.1) is 12.0 Å². The van der Waals surface area contributed by atoms with Crippen LogP contribution in [0, 0.1) is 11.3 Å². The first-order valence-electron chi connectivity index (χ1n) is 6.84. The summed E-state index contributed by atoms with van der Waals surface area (Å²) in [4.78, 5) is 22.9. The second-order valence-corrected chi connectivity index (χ2v) is 5.64. The summed E-state index contributed by atoms with van der Waals surface area (Å²) >= 11 is 1.33. The second-order valence-electron chi connectivity index (χ2n) is 4.84. The van der Waals surface area contributed by atoms with Gasteiger partial charge in [-0.25, -0.2) is 9.97 Å². The van der Waals surface area contributed by atoms with Crippen molar-refractivity contribution in [2.75, 3.05) is 6.26 Å². The summed E-state index contributed by atoms with van der Waals surface area (Å²) < 4.78 is 1.97. The molecule has 0 spiro atoms. The molecule has 0 atom stereocenters. The third kappa shape index (κ3) is 3.17. The van der Waals surface area contributed by atoms with E-state index in [4.69, 9.17) is 0 Å². The van der Waals surface area contributed by atoms with Crippen molar-refractivity contribution in [2.45, 2.75) is 11.7 Å². The van der Waals surface area contributed by atoms with Gasteiger partial charge in [-0.15, -0.1) is 0 Å². The van der Waals surface area contributed by atoms with E-state index in [-0.39, 0.29) is 5.56 Å². The molecule has 114 valence electrons. The molecule has 3 rings (SSSR count). The molecule has 0 fully saturated rings. The molecule has 23 heavy (non-hydrogen) atoms. The summed E-state index contributed by atoms with van der Waals surface area (Å²) in [6.45, 7) is 0.713. The van der Waals surface area contributed by atoms with Gasteiger partial charge in [0, 0.05) is 24.5 Å². The molecule has 1 N–H and O–H groups in total. The molecule has 0 saturated carbocycles. The van der Waals surface area contributed by atoms with Crippen LogP contribution < -0.4 is 5.56 Å². The highest BCUT2D eigenvalue weighted by molar-refractivity contribution is 7.98. The number of aromatic amines is 1. The van der Waals surface area contributed by atoms with Crippen molar-refractivity contribution in [3.8, 4) is 17.3 Å². The Kier molecular flexibility index (Phi) is 4.26. The Morgan fingerprint density at radius 3 is 2.74 bits per heavy atom. The zero-order chi connectivity index (χ0) is 16.2. The second kappa shape index (κ2) is 6.50. The Morgan fingerprint density at radius 1 is 1.35 bits per heavy atom. The van der Waals surface area contributed by atoms with E-state index in [1.807, 2.05) is 47.4 Å². The Balaban J connectivity index is 1.97. The Morgan fingerprint density at radius 2 is 2.13 bits per heavy atom. The quantitative estimate of drug-likeness (QED) is 0.588. The van der Waals surface area contributed by atoms with E-state index in [9.17, 15) is 10.1 Å². The van der Waals surface area contributed by atoms with Gasteiger partial charge in [-0.05, 0) is 11.8 Å². The number of imidazole rings is 1. The molecule has 0 radical (unpaired) electrons. The average molecular weight is 323 g/mol. The predicted molar refractivity (Wildman–Crippen MR) is 88.1 cm³/mol. The van der Waals surface area contributed by atoms with Crippen LogP contribution in [0.3, 0.4) is 0 Å². The molecular weight excluding hydrogens is 310 g/mol. The van der Waals surface area contributed by atoms with Crippen LogP contribution in [-0.4, -0.2) is 25.8 Å². The van der Waals surface area contributed by atoms with Crippen molar-refractivity contribution < 1.29 is 0 Å². The molecule has 2 heterocycles. The van der Waals surface area contributed by atoms with Crippen LogP contribution in [0.25, 0.3) is 11.3 Å². The summed E-state index contributed by atoms with van der Waals surface area (Å²) in [5, 5.41) is 9.71. The van der Waals surface area contributed by atoms with Gasteiger partial charge in [0.15, 0.2) is 5.16 Å². The number of hydrogen-bond acceptors (Lipinski definition) is 5. The summed E-state index contributed by atoms with van der Waals surface area (Å²) in [6.07, 6.45) is 7.20. The highest BCUT2D eigenvalue weighted by Gasteiger charge is 2.13. The summed E-state index contributed by atoms with van der Waals surface area (Å²) in [5.41, 5.74) is 1.88. The van der Waals surface area contributed by atoms with Crippen molar-refractivity contribution in [3.05, 3.63) is 64.5 Å². The minimum Gasteiger partial charge on any atom is -0.333 e. The number of benzene rings is 1. The van der Waals surface area contributed by atoms with Gasteiger partial charge in [-0.1, -0.05) is 36.0 Å². The van der Waals surface area contributed by atoms with Gasteiger partial charge in [-0.3, -0.25) is 4.79 Å². The topological polar surface area (TPSA) is 87.4 Å². The van der Waals surface area contributed by atoms with Gasteiger partial charge in [0.1, 0.15) is 11.6 Å². The minimum atomic E-state index is -0.413. The van der Waals surface area contributed by atoms with Gasteiger partial charge in [-0.2, -0.15) is 5.26 Å². The smallest absolute Gasteiger partial charge is 0.270 e. The van der Waals surface area contributed by atoms with Crippen LogP contribution in [-0.2, 0) is 6.54 Å². The van der Waals surface area contributed by atoms with Crippen LogP contribution in [0.1, 0.15) is 11.1 Å². The molecule has 6 nitrogen and oxygen atoms in total. The maximum absolute atomic E-state index is 12.0. The van der Waals surface area contributed by atoms with Crippen molar-refractivity contribution >= 4 is 11.8 Å². The zero-order valence-corrected chi connectivity index (χ0v) is 13.2. The SMILES string of the molecule is CSc1nc(-c2ccc(Cn3ccnc3)cc2)c(C#N)c(=O)[nH]1. The number of hydrogen-bond donors (Lipinski definition) is 1. The monoisotopic (exact) mass is 323 g/mol. The first-order chi connectivity index (χ1) is 11.2. The number of nitrogens with one attached hydrogen (secondary N) is 1. The number of H-pyrrole nitrogens is 1. The van der Waals surface area contributed by atoms with E-state index in [1.165, 1.54) is 11.8 Å². The molecule has 0 saturated heterocycles. The minimum absolute atomic E-state index is 0.0326. The van der Waals surface area contributed by atoms with Crippen molar-refractivity contribution in [1.29, 1.82) is 5.26 Å². The number of nitrogens with zero attached hydrogens (tertiary/aromatic N) is 4. The molecule has 2 aromatic heterocycles. The van der Waals surface area contributed by atoms with E-state index >= 15 is 0 Å². The molecule has 0 amide bonds. The van der Waals surface area contributed by atoms with Crippen LogP contribution in [0.2, 0.25) is 0 Å². The summed E-state index contributed by atoms with van der Waals surface area (Å²) in [7, 11) is 0. The number of thioether (sulfide) groups is 1. The maximum Gasteiger partial charge on any atom is 0.270 e. The van der Waals surface area contributed by atoms with Crippen LogP contribution in [0.5, 0.6) is 0 Å². The average Bonchev–Trinajstić information content (AvgIpc) is 3.07. The normalized spacial score (nSPS) is 10.4. The third-order valence-corrected chi connectivity index (χ3v) is 3.93. The van der Waals surface area contributed by atoms with Crippen molar-refractivity contribution in [3.63, 3.8) is 0 Å². The Labute approximate surface area is 136 Å². The Hall–Kier alpha value is -2.85. The third-order valence-electron chi connectivity index (χ3n) is 3.35. The lowest BCUT2D eigenvalue weighted by Gasteiger charge is -2.07. The standard InChI is InChI=1S/C16H13N5OS/c1-23-16-19-14(13(8-17)15(22)20-16)12-4-2-11(3-5-12)9-21-7-6-18-10-21/h2-7,10H,9H2,1H3,(H,19,20,22). The first kappa shape index (κ1) is 15.1. The molecule has 0 bridgehead atoms. The molecular formula is C16H13N5OS. The predicted octanol–water partition coefficient (Wildman–Crippen LogP) is 2.28. The first-order valence-corrected chi connectivity index (χ1v) is 8.07.